The maximum Gasteiger partial charge on any atom is 0.355 e. The number of hydrogen-bond donors (Lipinski definition) is 2. The lowest BCUT2D eigenvalue weighted by Gasteiger charge is -2.15. The number of fused-ring (bicyclic) bond motifs is 1. The van der Waals surface area contributed by atoms with E-state index in [1.165, 1.54) is 30.3 Å². The molecule has 0 atom stereocenters. The molecule has 3 N–H and O–H groups in total. The van der Waals surface area contributed by atoms with Gasteiger partial charge in [-0.05, 0) is 35.9 Å². The summed E-state index contributed by atoms with van der Waals surface area (Å²) in [5.74, 6) is -3.73. The van der Waals surface area contributed by atoms with Gasteiger partial charge in [0, 0.05) is 25.2 Å². The minimum absolute atomic E-state index is 0.0186. The van der Waals surface area contributed by atoms with Crippen molar-refractivity contribution in [2.24, 2.45) is 7.05 Å². The second kappa shape index (κ2) is 9.21. The minimum Gasteiger partial charge on any atom is -0.491 e. The number of aryl methyl sites for hydroxylation is 1. The molecule has 0 spiro atoms. The molecule has 0 aliphatic heterocycles. The summed E-state index contributed by atoms with van der Waals surface area (Å²) < 4.78 is 71.8. The van der Waals surface area contributed by atoms with Crippen LogP contribution in [0.5, 0.6) is 5.75 Å². The first kappa shape index (κ1) is 23.4. The Hall–Kier alpha value is -3.80. The molecule has 0 amide bonds. The molecule has 4 rings (SSSR count). The number of benzene rings is 2. The number of nitrogens with one attached hydrogen (secondary N) is 1. The second-order valence-electron chi connectivity index (χ2n) is 7.41. The van der Waals surface area contributed by atoms with Crippen molar-refractivity contribution < 1.29 is 26.3 Å². The van der Waals surface area contributed by atoms with Crippen molar-refractivity contribution in [3.8, 4) is 17.0 Å². The Balaban J connectivity index is 1.70. The fraction of sp³-hybridized carbons (Fsp3) is 0.182. The number of ether oxygens (including phenoxy) is 1. The number of anilines is 2. The number of alkyl halides is 2. The van der Waals surface area contributed by atoms with Crippen LogP contribution in [0.2, 0.25) is 0 Å². The Bertz CT molecular complexity index is 1440. The third-order valence-electron chi connectivity index (χ3n) is 5.10. The monoisotopic (exact) mass is 491 g/mol. The molecule has 0 saturated heterocycles. The highest BCUT2D eigenvalue weighted by molar-refractivity contribution is 7.93. The van der Waals surface area contributed by atoms with Gasteiger partial charge in [-0.25, -0.2) is 17.8 Å². The third-order valence-corrected chi connectivity index (χ3v) is 6.07. The topological polar surface area (TPSA) is 112 Å². The molecule has 2 heterocycles. The van der Waals surface area contributed by atoms with Crippen LogP contribution in [-0.2, 0) is 23.5 Å². The van der Waals surface area contributed by atoms with Crippen LogP contribution in [0.4, 0.5) is 24.7 Å². The molecule has 0 fully saturated rings. The van der Waals surface area contributed by atoms with Gasteiger partial charge < -0.3 is 10.5 Å². The fourth-order valence-corrected chi connectivity index (χ4v) is 4.00. The van der Waals surface area contributed by atoms with E-state index in [1.54, 1.807) is 36.1 Å². The average molecular weight is 491 g/mol. The van der Waals surface area contributed by atoms with Gasteiger partial charge in [0.1, 0.15) is 23.1 Å². The van der Waals surface area contributed by atoms with E-state index < -0.39 is 15.8 Å². The van der Waals surface area contributed by atoms with E-state index in [9.17, 15) is 21.6 Å². The Morgan fingerprint density at radius 2 is 1.88 bits per heavy atom. The number of nitrogens with zero attached hydrogens (tertiary/aromatic N) is 3. The minimum atomic E-state index is -4.93. The van der Waals surface area contributed by atoms with Crippen LogP contribution in [0, 0.1) is 5.82 Å². The van der Waals surface area contributed by atoms with E-state index in [4.69, 9.17) is 10.5 Å². The average Bonchev–Trinajstić information content (AvgIpc) is 3.14. The normalized spacial score (nSPS) is 11.8. The number of nitrogens with two attached hydrogens (primary N) is 1. The summed E-state index contributed by atoms with van der Waals surface area (Å²) in [6, 6.07) is 11.9. The number of nitrogen functional groups attached to an aromatic ring is 1. The Labute approximate surface area is 193 Å². The van der Waals surface area contributed by atoms with E-state index >= 15 is 0 Å². The zero-order valence-electron chi connectivity index (χ0n) is 17.9. The largest absolute Gasteiger partial charge is 0.491 e. The van der Waals surface area contributed by atoms with Crippen LogP contribution in [0.25, 0.3) is 22.2 Å². The van der Waals surface area contributed by atoms with Gasteiger partial charge in [-0.1, -0.05) is 18.2 Å². The number of aromatic nitrogens is 3. The van der Waals surface area contributed by atoms with Gasteiger partial charge in [0.05, 0.1) is 23.2 Å². The zero-order chi connectivity index (χ0) is 24.5. The number of sulfonamides is 1. The molecule has 8 nitrogen and oxygen atoms in total. The molecule has 2 aromatic carbocycles. The predicted octanol–water partition coefficient (Wildman–Crippen LogP) is 3.94. The third kappa shape index (κ3) is 4.76. The lowest BCUT2D eigenvalue weighted by molar-refractivity contribution is 0.236. The Morgan fingerprint density at radius 1 is 1.15 bits per heavy atom. The van der Waals surface area contributed by atoms with Gasteiger partial charge in [-0.3, -0.25) is 9.40 Å². The summed E-state index contributed by atoms with van der Waals surface area (Å²) in [5.41, 5.74) is 8.38. The van der Waals surface area contributed by atoms with Crippen LogP contribution in [0.3, 0.4) is 0 Å². The molecule has 0 unspecified atom stereocenters. The summed E-state index contributed by atoms with van der Waals surface area (Å²) in [7, 11) is -3.19. The van der Waals surface area contributed by atoms with Crippen molar-refractivity contribution in [3.05, 3.63) is 66.1 Å². The van der Waals surface area contributed by atoms with Crippen molar-refractivity contribution >= 4 is 32.4 Å². The van der Waals surface area contributed by atoms with E-state index in [0.29, 0.717) is 23.1 Å². The summed E-state index contributed by atoms with van der Waals surface area (Å²) in [6.07, 6.45) is 1.92. The van der Waals surface area contributed by atoms with Gasteiger partial charge in [0.2, 0.25) is 0 Å². The standard InChI is InChI=1S/C22H20F3N5O3S/c1-30-17-8-10-27-21(26)19(17)20(28-30)14-4-7-16(29-34(31,32)22(24)25)18(12-14)33-11-9-13-2-5-15(23)6-3-13/h2-8,10,12,22,29H,9,11H2,1H3,(H2,26,27). The van der Waals surface area contributed by atoms with Gasteiger partial charge >= 0.3 is 5.76 Å². The molecule has 178 valence electrons. The summed E-state index contributed by atoms with van der Waals surface area (Å²) >= 11 is 0. The molecule has 2 aromatic heterocycles. The first-order valence-electron chi connectivity index (χ1n) is 10.0. The van der Waals surface area contributed by atoms with E-state index in [-0.39, 0.29) is 29.7 Å². The van der Waals surface area contributed by atoms with Crippen LogP contribution < -0.4 is 15.2 Å². The molecule has 0 aliphatic carbocycles. The number of hydrogen-bond acceptors (Lipinski definition) is 6. The number of pyridine rings is 1. The van der Waals surface area contributed by atoms with E-state index in [0.717, 1.165) is 11.1 Å². The first-order chi connectivity index (χ1) is 16.2. The maximum absolute atomic E-state index is 13.1. The SMILES string of the molecule is Cn1nc(-c2ccc(NS(=O)(=O)C(F)F)c(OCCc3ccc(F)cc3)c2)c2c(N)nccc21. The molecule has 34 heavy (non-hydrogen) atoms. The highest BCUT2D eigenvalue weighted by atomic mass is 32.2. The molecule has 0 bridgehead atoms. The van der Waals surface area contributed by atoms with E-state index in [1.807, 2.05) is 4.72 Å². The Kier molecular flexibility index (Phi) is 6.33. The first-order valence-corrected chi connectivity index (χ1v) is 11.6. The highest BCUT2D eigenvalue weighted by Gasteiger charge is 2.26. The van der Waals surface area contributed by atoms with Crippen molar-refractivity contribution in [2.75, 3.05) is 17.1 Å². The predicted molar refractivity (Wildman–Crippen MR) is 123 cm³/mol. The zero-order valence-corrected chi connectivity index (χ0v) is 18.7. The van der Waals surface area contributed by atoms with Crippen LogP contribution in [0.15, 0.2) is 54.7 Å². The molecule has 12 heteroatoms. The molecule has 0 radical (unpaired) electrons. The quantitative estimate of drug-likeness (QED) is 0.386. The summed E-state index contributed by atoms with van der Waals surface area (Å²) in [4.78, 5) is 4.10. The van der Waals surface area contributed by atoms with Gasteiger partial charge in [0.15, 0.2) is 0 Å². The van der Waals surface area contributed by atoms with Crippen molar-refractivity contribution in [2.45, 2.75) is 12.2 Å². The van der Waals surface area contributed by atoms with Crippen LogP contribution in [0.1, 0.15) is 5.56 Å². The number of halogens is 3. The molecular weight excluding hydrogens is 471 g/mol. The summed E-state index contributed by atoms with van der Waals surface area (Å²) in [6.45, 7) is 0.0746. The maximum atomic E-state index is 13.1. The van der Waals surface area contributed by atoms with Crippen LogP contribution >= 0.6 is 0 Å². The Morgan fingerprint density at radius 3 is 2.59 bits per heavy atom. The summed E-state index contributed by atoms with van der Waals surface area (Å²) in [5, 5.41) is 5.06. The molecule has 0 aliphatic rings. The van der Waals surface area contributed by atoms with E-state index in [2.05, 4.69) is 10.1 Å². The van der Waals surface area contributed by atoms with Crippen molar-refractivity contribution in [1.29, 1.82) is 0 Å². The van der Waals surface area contributed by atoms with Crippen LogP contribution in [-0.4, -0.2) is 35.5 Å². The highest BCUT2D eigenvalue weighted by Crippen LogP contribution is 2.36. The van der Waals surface area contributed by atoms with Crippen molar-refractivity contribution in [3.63, 3.8) is 0 Å². The lowest BCUT2D eigenvalue weighted by Crippen LogP contribution is -2.21. The van der Waals surface area contributed by atoms with Gasteiger partial charge in [-0.2, -0.15) is 13.9 Å². The fourth-order valence-electron chi connectivity index (χ4n) is 3.44. The molecule has 4 aromatic rings. The molecular formula is C22H20F3N5O3S. The van der Waals surface area contributed by atoms with Gasteiger partial charge in [0.25, 0.3) is 10.0 Å². The number of rotatable bonds is 8. The smallest absolute Gasteiger partial charge is 0.355 e. The molecule has 0 saturated carbocycles. The van der Waals surface area contributed by atoms with Gasteiger partial charge in [-0.15, -0.1) is 0 Å². The lowest BCUT2D eigenvalue weighted by atomic mass is 10.1. The second-order valence-corrected chi connectivity index (χ2v) is 9.06. The van der Waals surface area contributed by atoms with Crippen molar-refractivity contribution in [1.82, 2.24) is 14.8 Å².